The Hall–Kier alpha value is -1.05. The second-order valence-corrected chi connectivity index (χ2v) is 2.47. The summed E-state index contributed by atoms with van der Waals surface area (Å²) in [6, 6.07) is 1.93. The first kappa shape index (κ1) is 5.71. The van der Waals surface area contributed by atoms with Gasteiger partial charge in [0.05, 0.1) is 6.61 Å². The quantitative estimate of drug-likeness (QED) is 0.535. The van der Waals surface area contributed by atoms with E-state index in [0.29, 0.717) is 0 Å². The van der Waals surface area contributed by atoms with Crippen LogP contribution in [-0.2, 0) is 6.42 Å². The summed E-state index contributed by atoms with van der Waals surface area (Å²) in [6.07, 6.45) is 2.81. The first-order valence-electron chi connectivity index (χ1n) is 3.45. The molecule has 1 aliphatic heterocycles. The molecule has 0 unspecified atom stereocenters. The molecule has 0 amide bonds. The number of fused-ring (bicyclic) bond motifs is 1. The Morgan fingerprint density at radius 1 is 1.60 bits per heavy atom. The molecule has 2 heterocycles. The number of aromatic nitrogens is 1. The average Bonchev–Trinajstić information content (AvgIpc) is 2.36. The molecule has 0 aliphatic carbocycles. The Labute approximate surface area is 59.9 Å². The fourth-order valence-electron chi connectivity index (χ4n) is 1.28. The van der Waals surface area contributed by atoms with Crippen LogP contribution in [0.2, 0.25) is 0 Å². The number of nitrogens with zero attached hydrogens (tertiary/aromatic N) is 1. The van der Waals surface area contributed by atoms with Gasteiger partial charge in [-0.1, -0.05) is 0 Å². The monoisotopic (exact) mass is 135 g/mol. The van der Waals surface area contributed by atoms with Crippen molar-refractivity contribution in [2.75, 3.05) is 6.61 Å². The van der Waals surface area contributed by atoms with Crippen molar-refractivity contribution >= 4 is 0 Å². The zero-order valence-electron chi connectivity index (χ0n) is 5.92. The Morgan fingerprint density at radius 2 is 2.50 bits per heavy atom. The molecule has 10 heavy (non-hydrogen) atoms. The molecule has 0 spiro atoms. The van der Waals surface area contributed by atoms with E-state index in [2.05, 4.69) is 4.98 Å². The van der Waals surface area contributed by atoms with Gasteiger partial charge < -0.3 is 4.74 Å². The highest BCUT2D eigenvalue weighted by molar-refractivity contribution is 5.37. The minimum atomic E-state index is 0.821. The first-order chi connectivity index (χ1) is 4.88. The zero-order chi connectivity index (χ0) is 6.97. The van der Waals surface area contributed by atoms with E-state index < -0.39 is 0 Å². The van der Waals surface area contributed by atoms with Gasteiger partial charge in [-0.2, -0.15) is 0 Å². The van der Waals surface area contributed by atoms with E-state index in [4.69, 9.17) is 4.74 Å². The van der Waals surface area contributed by atoms with Crippen molar-refractivity contribution in [1.29, 1.82) is 0 Å². The van der Waals surface area contributed by atoms with Crippen LogP contribution in [-0.4, -0.2) is 11.6 Å². The van der Waals surface area contributed by atoms with Crippen molar-refractivity contribution in [2.24, 2.45) is 0 Å². The molecular weight excluding hydrogens is 126 g/mol. The predicted molar refractivity (Wildman–Crippen MR) is 38.2 cm³/mol. The molecule has 2 heteroatoms. The summed E-state index contributed by atoms with van der Waals surface area (Å²) in [4.78, 5) is 4.17. The van der Waals surface area contributed by atoms with Crippen molar-refractivity contribution in [1.82, 2.24) is 4.98 Å². The minimum absolute atomic E-state index is 0.821. The number of hydrogen-bond donors (Lipinski definition) is 0. The third-order valence-electron chi connectivity index (χ3n) is 1.84. The van der Waals surface area contributed by atoms with Gasteiger partial charge in [0, 0.05) is 23.9 Å². The van der Waals surface area contributed by atoms with Crippen LogP contribution >= 0.6 is 0 Å². The number of aryl methyl sites for hydroxylation is 1. The maximum Gasteiger partial charge on any atom is 0.125 e. The molecule has 0 saturated heterocycles. The Kier molecular flexibility index (Phi) is 1.13. The molecule has 0 fully saturated rings. The highest BCUT2D eigenvalue weighted by Gasteiger charge is 2.13. The molecule has 0 aromatic carbocycles. The lowest BCUT2D eigenvalue weighted by Gasteiger charge is -1.98. The van der Waals surface area contributed by atoms with Crippen molar-refractivity contribution in [3.8, 4) is 5.75 Å². The van der Waals surface area contributed by atoms with E-state index in [-0.39, 0.29) is 0 Å². The van der Waals surface area contributed by atoms with Crippen LogP contribution in [0.15, 0.2) is 12.3 Å². The van der Waals surface area contributed by atoms with Gasteiger partial charge in [0.1, 0.15) is 5.75 Å². The predicted octanol–water partition coefficient (Wildman–Crippen LogP) is 1.32. The van der Waals surface area contributed by atoms with E-state index in [1.807, 2.05) is 13.0 Å². The van der Waals surface area contributed by atoms with Gasteiger partial charge in [-0.25, -0.2) is 0 Å². The Bertz CT molecular complexity index is 257. The third kappa shape index (κ3) is 0.685. The molecule has 1 aromatic heterocycles. The summed E-state index contributed by atoms with van der Waals surface area (Å²) in [6.45, 7) is 2.84. The average molecular weight is 135 g/mol. The van der Waals surface area contributed by atoms with Gasteiger partial charge in [-0.05, 0) is 13.0 Å². The number of rotatable bonds is 0. The summed E-state index contributed by atoms with van der Waals surface area (Å²) >= 11 is 0. The van der Waals surface area contributed by atoms with Crippen LogP contribution in [0, 0.1) is 6.92 Å². The molecule has 0 atom stereocenters. The Morgan fingerprint density at radius 3 is 3.30 bits per heavy atom. The van der Waals surface area contributed by atoms with Crippen LogP contribution < -0.4 is 4.74 Å². The smallest absolute Gasteiger partial charge is 0.125 e. The number of pyridine rings is 1. The highest BCUT2D eigenvalue weighted by Crippen LogP contribution is 2.25. The summed E-state index contributed by atoms with van der Waals surface area (Å²) in [5, 5.41) is 0. The van der Waals surface area contributed by atoms with Gasteiger partial charge in [-0.15, -0.1) is 0 Å². The lowest BCUT2D eigenvalue weighted by atomic mass is 10.1. The summed E-state index contributed by atoms with van der Waals surface area (Å²) in [7, 11) is 0. The van der Waals surface area contributed by atoms with Gasteiger partial charge in [-0.3, -0.25) is 4.98 Å². The summed E-state index contributed by atoms with van der Waals surface area (Å²) in [5.41, 5.74) is 2.39. The van der Waals surface area contributed by atoms with E-state index in [1.165, 1.54) is 5.56 Å². The van der Waals surface area contributed by atoms with Crippen LogP contribution in [0.1, 0.15) is 11.3 Å². The van der Waals surface area contributed by atoms with Crippen LogP contribution in [0.4, 0.5) is 0 Å². The van der Waals surface area contributed by atoms with Crippen LogP contribution in [0.5, 0.6) is 5.75 Å². The van der Waals surface area contributed by atoms with Crippen molar-refractivity contribution in [3.63, 3.8) is 0 Å². The van der Waals surface area contributed by atoms with Gasteiger partial charge >= 0.3 is 0 Å². The molecule has 52 valence electrons. The zero-order valence-corrected chi connectivity index (χ0v) is 5.92. The van der Waals surface area contributed by atoms with E-state index in [0.717, 1.165) is 24.5 Å². The molecule has 0 radical (unpaired) electrons. The number of hydrogen-bond acceptors (Lipinski definition) is 2. The summed E-state index contributed by atoms with van der Waals surface area (Å²) < 4.78 is 5.34. The van der Waals surface area contributed by atoms with Gasteiger partial charge in [0.15, 0.2) is 0 Å². The molecular formula is C8H9NO. The number of ether oxygens (including phenoxy) is 1. The van der Waals surface area contributed by atoms with E-state index in [1.54, 1.807) is 6.20 Å². The fraction of sp³-hybridized carbons (Fsp3) is 0.375. The van der Waals surface area contributed by atoms with E-state index in [9.17, 15) is 0 Å². The lowest BCUT2D eigenvalue weighted by Crippen LogP contribution is -1.87. The van der Waals surface area contributed by atoms with Crippen LogP contribution in [0.3, 0.4) is 0 Å². The minimum Gasteiger partial charge on any atom is -0.493 e. The Balaban J connectivity index is 2.59. The van der Waals surface area contributed by atoms with Crippen molar-refractivity contribution < 1.29 is 4.74 Å². The molecule has 0 N–H and O–H groups in total. The van der Waals surface area contributed by atoms with Gasteiger partial charge in [0.25, 0.3) is 0 Å². The molecule has 2 rings (SSSR count). The maximum atomic E-state index is 5.34. The highest BCUT2D eigenvalue weighted by atomic mass is 16.5. The second-order valence-electron chi connectivity index (χ2n) is 2.47. The normalized spacial score (nSPS) is 14.5. The first-order valence-corrected chi connectivity index (χ1v) is 3.45. The SMILES string of the molecule is Cc1nccc2c1CCO2. The lowest BCUT2D eigenvalue weighted by molar-refractivity contribution is 0.356. The van der Waals surface area contributed by atoms with Crippen LogP contribution in [0.25, 0.3) is 0 Å². The molecule has 1 aliphatic rings. The van der Waals surface area contributed by atoms with Crippen molar-refractivity contribution in [3.05, 3.63) is 23.5 Å². The van der Waals surface area contributed by atoms with E-state index >= 15 is 0 Å². The fourth-order valence-corrected chi connectivity index (χ4v) is 1.28. The third-order valence-corrected chi connectivity index (χ3v) is 1.84. The largest absolute Gasteiger partial charge is 0.493 e. The van der Waals surface area contributed by atoms with Gasteiger partial charge in [0.2, 0.25) is 0 Å². The maximum absolute atomic E-state index is 5.34. The van der Waals surface area contributed by atoms with Crippen molar-refractivity contribution in [2.45, 2.75) is 13.3 Å². The topological polar surface area (TPSA) is 22.1 Å². The standard InChI is InChI=1S/C8H9NO/c1-6-7-3-5-10-8(7)2-4-9-6/h2,4H,3,5H2,1H3. The molecule has 0 saturated carbocycles. The molecule has 0 bridgehead atoms. The molecule has 2 nitrogen and oxygen atoms in total. The second kappa shape index (κ2) is 1.97. The molecule has 1 aromatic rings. The summed E-state index contributed by atoms with van der Waals surface area (Å²) in [5.74, 6) is 1.02.